The molecule has 2 rings (SSSR count). The highest BCUT2D eigenvalue weighted by Gasteiger charge is 2.09. The molecule has 0 unspecified atom stereocenters. The minimum absolute atomic E-state index is 0.217. The van der Waals surface area contributed by atoms with Crippen molar-refractivity contribution in [3.63, 3.8) is 0 Å². The number of halogens is 1. The first-order valence-corrected chi connectivity index (χ1v) is 4.78. The van der Waals surface area contributed by atoms with Crippen LogP contribution < -0.4 is 5.32 Å². The average molecular weight is 236 g/mol. The van der Waals surface area contributed by atoms with Crippen LogP contribution in [0.4, 0.5) is 5.69 Å². The molecule has 0 fully saturated rings. The smallest absolute Gasteiger partial charge is 0.238 e. The molecular formula is C10H6ClN3O2. The van der Waals surface area contributed by atoms with Crippen LogP contribution in [0.2, 0.25) is 5.02 Å². The average Bonchev–Trinajstić information content (AvgIpc) is 2.65. The molecular weight excluding hydrogens is 230 g/mol. The molecule has 1 heterocycles. The van der Waals surface area contributed by atoms with Crippen LogP contribution in [-0.4, -0.2) is 10.9 Å². The number of aromatic nitrogens is 1. The number of hydrogen-bond acceptors (Lipinski definition) is 4. The molecule has 2 aromatic rings. The Hall–Kier alpha value is -2.06. The molecule has 0 bridgehead atoms. The number of amides is 1. The number of carbonyl (C=O) groups excluding carboxylic acids is 1. The van der Waals surface area contributed by atoms with Crippen molar-refractivity contribution < 1.29 is 9.21 Å². The quantitative estimate of drug-likeness (QED) is 0.866. The van der Waals surface area contributed by atoms with Crippen molar-refractivity contribution >= 4 is 34.3 Å². The largest absolute Gasteiger partial charge is 0.443 e. The van der Waals surface area contributed by atoms with Crippen LogP contribution in [0.25, 0.3) is 11.1 Å². The summed E-state index contributed by atoms with van der Waals surface area (Å²) in [5, 5.41) is 11.2. The Balaban J connectivity index is 2.33. The highest BCUT2D eigenvalue weighted by molar-refractivity contribution is 6.34. The van der Waals surface area contributed by atoms with Crippen molar-refractivity contribution in [2.45, 2.75) is 6.42 Å². The Kier molecular flexibility index (Phi) is 2.75. The van der Waals surface area contributed by atoms with Gasteiger partial charge >= 0.3 is 0 Å². The van der Waals surface area contributed by atoms with E-state index < -0.39 is 5.91 Å². The van der Waals surface area contributed by atoms with Gasteiger partial charge in [0.1, 0.15) is 11.9 Å². The molecule has 1 aromatic carbocycles. The summed E-state index contributed by atoms with van der Waals surface area (Å²) in [5.41, 5.74) is 1.55. The maximum absolute atomic E-state index is 11.2. The molecule has 16 heavy (non-hydrogen) atoms. The fourth-order valence-corrected chi connectivity index (χ4v) is 1.45. The Labute approximate surface area is 95.6 Å². The van der Waals surface area contributed by atoms with Gasteiger partial charge < -0.3 is 9.73 Å². The maximum atomic E-state index is 11.2. The van der Waals surface area contributed by atoms with Gasteiger partial charge in [-0.1, -0.05) is 11.6 Å². The number of hydrogen-bond donors (Lipinski definition) is 1. The second-order valence-electron chi connectivity index (χ2n) is 3.04. The highest BCUT2D eigenvalue weighted by atomic mass is 35.5. The predicted octanol–water partition coefficient (Wildman–Crippen LogP) is 2.33. The SMILES string of the molecule is N#CCC(=O)Nc1cc2ocnc2cc1Cl. The van der Waals surface area contributed by atoms with Gasteiger partial charge in [-0.3, -0.25) is 4.79 Å². The Bertz CT molecular complexity index is 585. The lowest BCUT2D eigenvalue weighted by molar-refractivity contribution is -0.115. The van der Waals surface area contributed by atoms with Crippen LogP contribution in [-0.2, 0) is 4.79 Å². The van der Waals surface area contributed by atoms with Gasteiger partial charge in [-0.2, -0.15) is 5.26 Å². The van der Waals surface area contributed by atoms with E-state index in [0.717, 1.165) is 0 Å². The highest BCUT2D eigenvalue weighted by Crippen LogP contribution is 2.27. The van der Waals surface area contributed by atoms with Gasteiger partial charge in [0, 0.05) is 6.07 Å². The zero-order valence-corrected chi connectivity index (χ0v) is 8.78. The molecule has 0 aliphatic heterocycles. The van der Waals surface area contributed by atoms with E-state index in [1.165, 1.54) is 6.39 Å². The fraction of sp³-hybridized carbons (Fsp3) is 0.100. The van der Waals surface area contributed by atoms with Gasteiger partial charge in [0.25, 0.3) is 0 Å². The second kappa shape index (κ2) is 4.21. The van der Waals surface area contributed by atoms with E-state index >= 15 is 0 Å². The first-order chi connectivity index (χ1) is 7.70. The van der Waals surface area contributed by atoms with E-state index in [0.29, 0.717) is 21.8 Å². The summed E-state index contributed by atoms with van der Waals surface area (Å²) in [4.78, 5) is 15.1. The molecule has 0 radical (unpaired) electrons. The summed E-state index contributed by atoms with van der Waals surface area (Å²) in [6, 6.07) is 4.90. The van der Waals surface area contributed by atoms with Gasteiger partial charge in [-0.05, 0) is 6.07 Å². The van der Waals surface area contributed by atoms with Gasteiger partial charge in [0.05, 0.1) is 16.8 Å². The third-order valence-corrected chi connectivity index (χ3v) is 2.25. The van der Waals surface area contributed by atoms with Gasteiger partial charge in [-0.25, -0.2) is 4.98 Å². The number of fused-ring (bicyclic) bond motifs is 1. The van der Waals surface area contributed by atoms with Crippen molar-refractivity contribution in [2.75, 3.05) is 5.32 Å². The van der Waals surface area contributed by atoms with Crippen LogP contribution in [0.5, 0.6) is 0 Å². The number of rotatable bonds is 2. The van der Waals surface area contributed by atoms with E-state index in [1.54, 1.807) is 18.2 Å². The first-order valence-electron chi connectivity index (χ1n) is 4.40. The van der Waals surface area contributed by atoms with E-state index in [4.69, 9.17) is 21.3 Å². The van der Waals surface area contributed by atoms with E-state index in [9.17, 15) is 4.79 Å². The topological polar surface area (TPSA) is 78.9 Å². The lowest BCUT2D eigenvalue weighted by Crippen LogP contribution is -2.10. The van der Waals surface area contributed by atoms with Crippen LogP contribution in [0.15, 0.2) is 22.9 Å². The first kappa shape index (κ1) is 10.5. The molecule has 1 N–H and O–H groups in total. The van der Waals surface area contributed by atoms with Crippen LogP contribution in [0.3, 0.4) is 0 Å². The molecule has 6 heteroatoms. The number of nitriles is 1. The minimum atomic E-state index is -0.414. The number of anilines is 1. The Morgan fingerprint density at radius 3 is 3.19 bits per heavy atom. The summed E-state index contributed by atoms with van der Waals surface area (Å²) in [5.74, 6) is -0.414. The van der Waals surface area contributed by atoms with Crippen molar-refractivity contribution in [3.05, 3.63) is 23.5 Å². The van der Waals surface area contributed by atoms with Gasteiger partial charge in [0.2, 0.25) is 5.91 Å². The van der Waals surface area contributed by atoms with Crippen molar-refractivity contribution in [1.82, 2.24) is 4.98 Å². The van der Waals surface area contributed by atoms with Crippen molar-refractivity contribution in [1.29, 1.82) is 5.26 Å². The van der Waals surface area contributed by atoms with Crippen molar-refractivity contribution in [3.8, 4) is 6.07 Å². The minimum Gasteiger partial charge on any atom is -0.443 e. The molecule has 0 atom stereocenters. The maximum Gasteiger partial charge on any atom is 0.238 e. The predicted molar refractivity (Wildman–Crippen MR) is 57.9 cm³/mol. The third-order valence-electron chi connectivity index (χ3n) is 1.93. The van der Waals surface area contributed by atoms with E-state index in [2.05, 4.69) is 10.3 Å². The normalized spacial score (nSPS) is 10.0. The summed E-state index contributed by atoms with van der Waals surface area (Å²) in [7, 11) is 0. The number of benzene rings is 1. The number of nitrogens with one attached hydrogen (secondary N) is 1. The number of oxazole rings is 1. The summed E-state index contributed by atoms with van der Waals surface area (Å²) in [6.45, 7) is 0. The van der Waals surface area contributed by atoms with Crippen LogP contribution in [0.1, 0.15) is 6.42 Å². The monoisotopic (exact) mass is 235 g/mol. The summed E-state index contributed by atoms with van der Waals surface area (Å²) in [6.07, 6.45) is 1.08. The second-order valence-corrected chi connectivity index (χ2v) is 3.44. The molecule has 5 nitrogen and oxygen atoms in total. The summed E-state index contributed by atoms with van der Waals surface area (Å²) < 4.78 is 5.07. The number of nitrogens with zero attached hydrogens (tertiary/aromatic N) is 2. The van der Waals surface area contributed by atoms with Gasteiger partial charge in [0.15, 0.2) is 12.0 Å². The molecule has 0 aliphatic rings. The third kappa shape index (κ3) is 1.97. The lowest BCUT2D eigenvalue weighted by Gasteiger charge is -2.04. The molecule has 0 spiro atoms. The molecule has 1 aromatic heterocycles. The van der Waals surface area contributed by atoms with Crippen LogP contribution in [0, 0.1) is 11.3 Å². The molecule has 0 aliphatic carbocycles. The van der Waals surface area contributed by atoms with E-state index in [1.807, 2.05) is 0 Å². The Morgan fingerprint density at radius 1 is 1.62 bits per heavy atom. The Morgan fingerprint density at radius 2 is 2.44 bits per heavy atom. The zero-order chi connectivity index (χ0) is 11.5. The fourth-order valence-electron chi connectivity index (χ4n) is 1.24. The zero-order valence-electron chi connectivity index (χ0n) is 8.03. The molecule has 0 saturated heterocycles. The van der Waals surface area contributed by atoms with E-state index in [-0.39, 0.29) is 6.42 Å². The van der Waals surface area contributed by atoms with Gasteiger partial charge in [-0.15, -0.1) is 0 Å². The standard InChI is InChI=1S/C10H6ClN3O2/c11-6-3-8-9(16-5-13-8)4-7(6)14-10(15)1-2-12/h3-5H,1H2,(H,14,15). The molecule has 80 valence electrons. The number of carbonyl (C=O) groups is 1. The molecule has 1 amide bonds. The summed E-state index contributed by atoms with van der Waals surface area (Å²) >= 11 is 5.93. The lowest BCUT2D eigenvalue weighted by atomic mass is 10.2. The molecule has 0 saturated carbocycles. The van der Waals surface area contributed by atoms with Crippen LogP contribution >= 0.6 is 11.6 Å². The van der Waals surface area contributed by atoms with Crippen molar-refractivity contribution in [2.24, 2.45) is 0 Å².